The van der Waals surface area contributed by atoms with Crippen LogP contribution in [0.1, 0.15) is 24.0 Å². The number of amides is 1. The molecule has 0 atom stereocenters. The Labute approximate surface area is 168 Å². The predicted octanol–water partition coefficient (Wildman–Crippen LogP) is 3.29. The number of hydrogen-bond acceptors (Lipinski definition) is 4. The molecule has 28 heavy (non-hydrogen) atoms. The third kappa shape index (κ3) is 3.66. The van der Waals surface area contributed by atoms with Crippen molar-refractivity contribution >= 4 is 17.5 Å². The highest BCUT2D eigenvalue weighted by molar-refractivity contribution is 6.31. The van der Waals surface area contributed by atoms with E-state index in [2.05, 4.69) is 15.3 Å². The summed E-state index contributed by atoms with van der Waals surface area (Å²) in [7, 11) is 0. The average molecular weight is 397 g/mol. The summed E-state index contributed by atoms with van der Waals surface area (Å²) in [6.07, 6.45) is 8.23. The highest BCUT2D eigenvalue weighted by atomic mass is 35.5. The first-order chi connectivity index (χ1) is 13.7. The molecule has 1 amide bonds. The van der Waals surface area contributed by atoms with Gasteiger partial charge < -0.3 is 10.1 Å². The molecule has 1 aliphatic heterocycles. The van der Waals surface area contributed by atoms with Crippen LogP contribution in [0.5, 0.6) is 0 Å². The Morgan fingerprint density at radius 2 is 2.04 bits per heavy atom. The summed E-state index contributed by atoms with van der Waals surface area (Å²) in [5, 5.41) is 3.69. The van der Waals surface area contributed by atoms with Crippen LogP contribution >= 0.6 is 11.6 Å². The quantitative estimate of drug-likeness (QED) is 0.718. The lowest BCUT2D eigenvalue weighted by molar-refractivity contribution is -0.130. The number of rotatable bonds is 5. The standard InChI is InChI=1S/C21H21ClN4O2/c22-18-4-2-1-3-17(18)21(7-11-28-12-8-21)20(27)25-14-16-5-6-19(24-13-16)26-10-9-23-15-26/h1-6,9-10,13,15H,7-8,11-12,14H2,(H,25,27). The SMILES string of the molecule is O=C(NCc1ccc(-n2ccnc2)nc1)C1(c2ccccc2Cl)CCOCC1. The van der Waals surface area contributed by atoms with E-state index in [1.165, 1.54) is 0 Å². The average Bonchev–Trinajstić information content (AvgIpc) is 3.28. The van der Waals surface area contributed by atoms with Gasteiger partial charge in [-0.25, -0.2) is 9.97 Å². The Morgan fingerprint density at radius 3 is 2.71 bits per heavy atom. The molecule has 0 spiro atoms. The molecule has 0 saturated carbocycles. The Kier molecular flexibility index (Phi) is 5.41. The maximum Gasteiger partial charge on any atom is 0.231 e. The third-order valence-corrected chi connectivity index (χ3v) is 5.53. The van der Waals surface area contributed by atoms with Crippen LogP contribution < -0.4 is 5.32 Å². The number of carbonyl (C=O) groups is 1. The minimum atomic E-state index is -0.666. The highest BCUT2D eigenvalue weighted by Crippen LogP contribution is 2.38. The van der Waals surface area contributed by atoms with Crippen molar-refractivity contribution < 1.29 is 9.53 Å². The molecular weight excluding hydrogens is 376 g/mol. The number of pyridine rings is 1. The molecule has 1 N–H and O–H groups in total. The fraction of sp³-hybridized carbons (Fsp3) is 0.286. The predicted molar refractivity (Wildman–Crippen MR) is 106 cm³/mol. The fourth-order valence-electron chi connectivity index (χ4n) is 3.61. The Hall–Kier alpha value is -2.70. The molecule has 0 radical (unpaired) electrons. The normalized spacial score (nSPS) is 15.9. The first-order valence-electron chi connectivity index (χ1n) is 9.23. The molecule has 4 rings (SSSR count). The summed E-state index contributed by atoms with van der Waals surface area (Å²) in [5.74, 6) is 0.757. The minimum absolute atomic E-state index is 0.0254. The van der Waals surface area contributed by atoms with Gasteiger partial charge in [0.05, 0.1) is 5.41 Å². The molecule has 0 aliphatic carbocycles. The molecule has 2 aromatic heterocycles. The monoisotopic (exact) mass is 396 g/mol. The van der Waals surface area contributed by atoms with Gasteiger partial charge in [0.15, 0.2) is 0 Å². The second kappa shape index (κ2) is 8.12. The zero-order valence-electron chi connectivity index (χ0n) is 15.3. The van der Waals surface area contributed by atoms with E-state index in [1.54, 1.807) is 18.7 Å². The molecule has 1 saturated heterocycles. The van der Waals surface area contributed by atoms with Gasteiger partial charge in [-0.1, -0.05) is 35.9 Å². The van der Waals surface area contributed by atoms with Crippen molar-refractivity contribution in [3.63, 3.8) is 0 Å². The molecule has 3 heterocycles. The minimum Gasteiger partial charge on any atom is -0.381 e. The molecule has 1 fully saturated rings. The van der Waals surface area contributed by atoms with Gasteiger partial charge in [-0.15, -0.1) is 0 Å². The lowest BCUT2D eigenvalue weighted by Gasteiger charge is -2.36. The van der Waals surface area contributed by atoms with Crippen molar-refractivity contribution in [3.8, 4) is 5.82 Å². The topological polar surface area (TPSA) is 69.0 Å². The number of aromatic nitrogens is 3. The number of benzene rings is 1. The van der Waals surface area contributed by atoms with E-state index in [9.17, 15) is 4.79 Å². The highest BCUT2D eigenvalue weighted by Gasteiger charge is 2.42. The van der Waals surface area contributed by atoms with Gasteiger partial charge in [0.25, 0.3) is 0 Å². The van der Waals surface area contributed by atoms with Gasteiger partial charge >= 0.3 is 0 Å². The zero-order chi connectivity index (χ0) is 19.4. The van der Waals surface area contributed by atoms with E-state index in [0.29, 0.717) is 37.6 Å². The molecule has 0 bridgehead atoms. The second-order valence-electron chi connectivity index (χ2n) is 6.85. The van der Waals surface area contributed by atoms with Crippen molar-refractivity contribution in [3.05, 3.63) is 77.5 Å². The van der Waals surface area contributed by atoms with Crippen molar-refractivity contribution in [2.24, 2.45) is 0 Å². The van der Waals surface area contributed by atoms with Crippen LogP contribution in [-0.4, -0.2) is 33.7 Å². The summed E-state index contributed by atoms with van der Waals surface area (Å²) < 4.78 is 7.34. The molecule has 0 unspecified atom stereocenters. The first-order valence-corrected chi connectivity index (χ1v) is 9.61. The van der Waals surface area contributed by atoms with Crippen LogP contribution in [0.2, 0.25) is 5.02 Å². The summed E-state index contributed by atoms with van der Waals surface area (Å²) in [6.45, 7) is 1.49. The van der Waals surface area contributed by atoms with E-state index in [4.69, 9.17) is 16.3 Å². The number of nitrogens with zero attached hydrogens (tertiary/aromatic N) is 3. The number of hydrogen-bond donors (Lipinski definition) is 1. The molecule has 3 aromatic rings. The third-order valence-electron chi connectivity index (χ3n) is 5.20. The smallest absolute Gasteiger partial charge is 0.231 e. The van der Waals surface area contributed by atoms with Crippen molar-refractivity contribution in [2.75, 3.05) is 13.2 Å². The number of imidazole rings is 1. The summed E-state index contributed by atoms with van der Waals surface area (Å²) in [6, 6.07) is 11.4. The van der Waals surface area contributed by atoms with Crippen LogP contribution in [0.15, 0.2) is 61.3 Å². The van der Waals surface area contributed by atoms with Gasteiger partial charge in [-0.3, -0.25) is 9.36 Å². The number of halogens is 1. The Balaban J connectivity index is 1.50. The largest absolute Gasteiger partial charge is 0.381 e. The van der Waals surface area contributed by atoms with Crippen molar-refractivity contribution in [2.45, 2.75) is 24.8 Å². The van der Waals surface area contributed by atoms with Gasteiger partial charge in [0.1, 0.15) is 12.1 Å². The van der Waals surface area contributed by atoms with Crippen LogP contribution in [0, 0.1) is 0 Å². The van der Waals surface area contributed by atoms with Crippen LogP contribution in [-0.2, 0) is 21.5 Å². The first kappa shape index (κ1) is 18.7. The van der Waals surface area contributed by atoms with Crippen LogP contribution in [0.3, 0.4) is 0 Å². The van der Waals surface area contributed by atoms with Crippen molar-refractivity contribution in [1.82, 2.24) is 19.9 Å². The molecule has 1 aromatic carbocycles. The van der Waals surface area contributed by atoms with Gasteiger partial charge in [-0.05, 0) is 36.1 Å². The fourth-order valence-corrected chi connectivity index (χ4v) is 3.92. The summed E-state index contributed by atoms with van der Waals surface area (Å²) >= 11 is 6.44. The zero-order valence-corrected chi connectivity index (χ0v) is 16.1. The van der Waals surface area contributed by atoms with E-state index < -0.39 is 5.41 Å². The lowest BCUT2D eigenvalue weighted by atomic mass is 9.73. The van der Waals surface area contributed by atoms with Gasteiger partial charge in [-0.2, -0.15) is 0 Å². The maximum absolute atomic E-state index is 13.2. The van der Waals surface area contributed by atoms with E-state index >= 15 is 0 Å². The van der Waals surface area contributed by atoms with Crippen LogP contribution in [0.25, 0.3) is 5.82 Å². The molecule has 1 aliphatic rings. The second-order valence-corrected chi connectivity index (χ2v) is 7.26. The Bertz CT molecular complexity index is 935. The molecule has 6 nitrogen and oxygen atoms in total. The number of carbonyl (C=O) groups excluding carboxylic acids is 1. The summed E-state index contributed by atoms with van der Waals surface area (Å²) in [5.41, 5.74) is 1.13. The van der Waals surface area contributed by atoms with E-state index in [-0.39, 0.29) is 5.91 Å². The van der Waals surface area contributed by atoms with Crippen LogP contribution in [0.4, 0.5) is 0 Å². The maximum atomic E-state index is 13.2. The lowest BCUT2D eigenvalue weighted by Crippen LogP contribution is -2.48. The summed E-state index contributed by atoms with van der Waals surface area (Å²) in [4.78, 5) is 21.7. The molecular formula is C21H21ClN4O2. The Morgan fingerprint density at radius 1 is 1.21 bits per heavy atom. The van der Waals surface area contributed by atoms with E-state index in [1.807, 2.05) is 47.2 Å². The van der Waals surface area contributed by atoms with Crippen molar-refractivity contribution in [1.29, 1.82) is 0 Å². The molecule has 144 valence electrons. The van der Waals surface area contributed by atoms with E-state index in [0.717, 1.165) is 16.9 Å². The number of ether oxygens (including phenoxy) is 1. The molecule has 7 heteroatoms. The number of nitrogens with one attached hydrogen (secondary N) is 1. The van der Waals surface area contributed by atoms with Gasteiger partial charge in [0.2, 0.25) is 5.91 Å². The van der Waals surface area contributed by atoms with Gasteiger partial charge in [0, 0.05) is 43.4 Å².